The molecule has 0 atom stereocenters. The van der Waals surface area contributed by atoms with Crippen LogP contribution in [0.2, 0.25) is 0 Å². The number of terminal acetylenes is 1. The molecule has 0 fully saturated rings. The van der Waals surface area contributed by atoms with Crippen molar-refractivity contribution in [1.29, 1.82) is 0 Å². The monoisotopic (exact) mass is 172 g/mol. The second-order valence-corrected chi connectivity index (χ2v) is 2.51. The molecular formula is C11H8O2. The minimum Gasteiger partial charge on any atom is -0.478 e. The van der Waals surface area contributed by atoms with Gasteiger partial charge < -0.3 is 5.11 Å². The van der Waals surface area contributed by atoms with Gasteiger partial charge in [-0.2, -0.15) is 0 Å². The summed E-state index contributed by atoms with van der Waals surface area (Å²) in [5, 5.41) is 8.62. The minimum absolute atomic E-state index is 0.0728. The SMILES string of the molecule is C#Cc1ccc(C(=C)C(=O)O)cc1. The Hall–Kier alpha value is -2.01. The maximum atomic E-state index is 10.5. The second kappa shape index (κ2) is 3.59. The molecular weight excluding hydrogens is 164 g/mol. The van der Waals surface area contributed by atoms with Gasteiger partial charge in [0.1, 0.15) is 0 Å². The lowest BCUT2D eigenvalue weighted by atomic mass is 10.1. The highest BCUT2D eigenvalue weighted by Crippen LogP contribution is 2.12. The van der Waals surface area contributed by atoms with Gasteiger partial charge in [0.05, 0.1) is 5.57 Å². The van der Waals surface area contributed by atoms with Gasteiger partial charge in [-0.1, -0.05) is 24.6 Å². The fourth-order valence-corrected chi connectivity index (χ4v) is 0.891. The summed E-state index contributed by atoms with van der Waals surface area (Å²) in [6, 6.07) is 6.66. The van der Waals surface area contributed by atoms with Crippen molar-refractivity contribution in [2.45, 2.75) is 0 Å². The third kappa shape index (κ3) is 1.97. The molecule has 0 aliphatic heterocycles. The Morgan fingerprint density at radius 1 is 1.38 bits per heavy atom. The summed E-state index contributed by atoms with van der Waals surface area (Å²) >= 11 is 0. The van der Waals surface area contributed by atoms with E-state index in [0.717, 1.165) is 5.56 Å². The van der Waals surface area contributed by atoms with Crippen molar-refractivity contribution >= 4 is 11.5 Å². The lowest BCUT2D eigenvalue weighted by molar-refractivity contribution is -0.130. The van der Waals surface area contributed by atoms with Gasteiger partial charge in [0.25, 0.3) is 0 Å². The molecule has 1 N–H and O–H groups in total. The lowest BCUT2D eigenvalue weighted by Crippen LogP contribution is -1.97. The highest BCUT2D eigenvalue weighted by Gasteiger charge is 2.05. The van der Waals surface area contributed by atoms with Gasteiger partial charge in [-0.25, -0.2) is 4.79 Å². The van der Waals surface area contributed by atoms with E-state index < -0.39 is 5.97 Å². The molecule has 0 radical (unpaired) electrons. The summed E-state index contributed by atoms with van der Waals surface area (Å²) in [6.07, 6.45) is 5.15. The molecule has 0 saturated carbocycles. The van der Waals surface area contributed by atoms with Gasteiger partial charge in [0.2, 0.25) is 0 Å². The average molecular weight is 172 g/mol. The molecule has 2 heteroatoms. The van der Waals surface area contributed by atoms with Gasteiger partial charge >= 0.3 is 5.97 Å². The number of hydrogen-bond donors (Lipinski definition) is 1. The number of benzene rings is 1. The molecule has 1 rings (SSSR count). The van der Waals surface area contributed by atoms with Crippen molar-refractivity contribution in [2.24, 2.45) is 0 Å². The van der Waals surface area contributed by atoms with Gasteiger partial charge in [-0.3, -0.25) is 0 Å². The number of aliphatic carboxylic acids is 1. The maximum Gasteiger partial charge on any atom is 0.335 e. The molecule has 0 aromatic heterocycles. The molecule has 1 aromatic carbocycles. The van der Waals surface area contributed by atoms with Gasteiger partial charge in [0, 0.05) is 5.56 Å². The average Bonchev–Trinajstić information content (AvgIpc) is 2.17. The van der Waals surface area contributed by atoms with Crippen LogP contribution in [-0.4, -0.2) is 11.1 Å². The van der Waals surface area contributed by atoms with E-state index in [-0.39, 0.29) is 5.57 Å². The zero-order valence-corrected chi connectivity index (χ0v) is 6.95. The molecule has 64 valence electrons. The van der Waals surface area contributed by atoms with E-state index in [2.05, 4.69) is 12.5 Å². The smallest absolute Gasteiger partial charge is 0.335 e. The fraction of sp³-hybridized carbons (Fsp3) is 0. The summed E-state index contributed by atoms with van der Waals surface area (Å²) in [5.74, 6) is 1.43. The van der Waals surface area contributed by atoms with E-state index in [1.165, 1.54) is 0 Å². The third-order valence-corrected chi connectivity index (χ3v) is 1.66. The Balaban J connectivity index is 3.01. The molecule has 0 heterocycles. The molecule has 1 aromatic rings. The van der Waals surface area contributed by atoms with E-state index in [1.54, 1.807) is 24.3 Å². The first kappa shape index (κ1) is 9.08. The van der Waals surface area contributed by atoms with E-state index >= 15 is 0 Å². The Kier molecular flexibility index (Phi) is 2.51. The normalized spacial score (nSPS) is 8.85. The summed E-state index contributed by atoms with van der Waals surface area (Å²) in [5.41, 5.74) is 1.37. The van der Waals surface area contributed by atoms with Gasteiger partial charge in [-0.05, 0) is 17.7 Å². The fourth-order valence-electron chi connectivity index (χ4n) is 0.891. The van der Waals surface area contributed by atoms with E-state index in [1.807, 2.05) is 0 Å². The highest BCUT2D eigenvalue weighted by atomic mass is 16.4. The van der Waals surface area contributed by atoms with Crippen LogP contribution in [0.5, 0.6) is 0 Å². The van der Waals surface area contributed by atoms with Crippen LogP contribution < -0.4 is 0 Å². The van der Waals surface area contributed by atoms with E-state index in [4.69, 9.17) is 11.5 Å². The van der Waals surface area contributed by atoms with Crippen LogP contribution in [-0.2, 0) is 4.79 Å². The first-order valence-corrected chi connectivity index (χ1v) is 3.64. The number of hydrogen-bond acceptors (Lipinski definition) is 1. The van der Waals surface area contributed by atoms with Crippen LogP contribution in [0, 0.1) is 12.3 Å². The Labute approximate surface area is 76.5 Å². The van der Waals surface area contributed by atoms with Gasteiger partial charge in [-0.15, -0.1) is 6.42 Å². The van der Waals surface area contributed by atoms with Gasteiger partial charge in [0.15, 0.2) is 0 Å². The van der Waals surface area contributed by atoms with Crippen LogP contribution in [0.15, 0.2) is 30.8 Å². The van der Waals surface area contributed by atoms with Crippen molar-refractivity contribution in [2.75, 3.05) is 0 Å². The third-order valence-electron chi connectivity index (χ3n) is 1.66. The van der Waals surface area contributed by atoms with Crippen molar-refractivity contribution in [3.8, 4) is 12.3 Å². The zero-order chi connectivity index (χ0) is 9.84. The van der Waals surface area contributed by atoms with Crippen molar-refractivity contribution in [3.63, 3.8) is 0 Å². The first-order valence-electron chi connectivity index (χ1n) is 3.64. The molecule has 0 saturated heterocycles. The number of carboxylic acid groups (broad SMARTS) is 1. The maximum absolute atomic E-state index is 10.5. The van der Waals surface area contributed by atoms with E-state index in [9.17, 15) is 4.79 Å². The molecule has 0 unspecified atom stereocenters. The Morgan fingerprint density at radius 3 is 2.31 bits per heavy atom. The first-order chi connectivity index (χ1) is 6.15. The zero-order valence-electron chi connectivity index (χ0n) is 6.95. The Morgan fingerprint density at radius 2 is 1.92 bits per heavy atom. The highest BCUT2D eigenvalue weighted by molar-refractivity contribution is 6.14. The molecule has 0 bridgehead atoms. The van der Waals surface area contributed by atoms with Crippen LogP contribution in [0.3, 0.4) is 0 Å². The summed E-state index contributed by atoms with van der Waals surface area (Å²) in [6.45, 7) is 3.43. The predicted molar refractivity (Wildman–Crippen MR) is 51.0 cm³/mol. The predicted octanol–water partition coefficient (Wildman–Crippen LogP) is 1.77. The van der Waals surface area contributed by atoms with Crippen LogP contribution >= 0.6 is 0 Å². The molecule has 0 aliphatic carbocycles. The summed E-state index contributed by atoms with van der Waals surface area (Å²) < 4.78 is 0. The molecule has 13 heavy (non-hydrogen) atoms. The lowest BCUT2D eigenvalue weighted by Gasteiger charge is -1.99. The van der Waals surface area contributed by atoms with Crippen LogP contribution in [0.1, 0.15) is 11.1 Å². The van der Waals surface area contributed by atoms with Crippen molar-refractivity contribution < 1.29 is 9.90 Å². The number of rotatable bonds is 2. The van der Waals surface area contributed by atoms with E-state index in [0.29, 0.717) is 5.56 Å². The van der Waals surface area contributed by atoms with Crippen LogP contribution in [0.4, 0.5) is 0 Å². The molecule has 0 aliphatic rings. The Bertz CT molecular complexity index is 380. The standard InChI is InChI=1S/C11H8O2/c1-3-9-4-6-10(7-5-9)8(2)11(12)13/h1,4-7H,2H2,(H,12,13). The van der Waals surface area contributed by atoms with Crippen LogP contribution in [0.25, 0.3) is 5.57 Å². The quantitative estimate of drug-likeness (QED) is 0.545. The van der Waals surface area contributed by atoms with Crippen molar-refractivity contribution in [1.82, 2.24) is 0 Å². The number of carboxylic acids is 1. The minimum atomic E-state index is -1.02. The molecule has 0 amide bonds. The largest absolute Gasteiger partial charge is 0.478 e. The second-order valence-electron chi connectivity index (χ2n) is 2.51. The summed E-state index contributed by atoms with van der Waals surface area (Å²) in [4.78, 5) is 10.5. The molecule has 2 nitrogen and oxygen atoms in total. The topological polar surface area (TPSA) is 37.3 Å². The number of carbonyl (C=O) groups is 1. The molecule has 0 spiro atoms. The van der Waals surface area contributed by atoms with Crippen molar-refractivity contribution in [3.05, 3.63) is 42.0 Å². The summed E-state index contributed by atoms with van der Waals surface area (Å²) in [7, 11) is 0.